The Bertz CT molecular complexity index is 393. The van der Waals surface area contributed by atoms with Crippen molar-refractivity contribution in [1.82, 2.24) is 0 Å². The van der Waals surface area contributed by atoms with E-state index in [1.54, 1.807) is 0 Å². The third-order valence-electron chi connectivity index (χ3n) is 2.23. The molecule has 0 spiro atoms. The molecule has 0 N–H and O–H groups in total. The third-order valence-corrected chi connectivity index (χ3v) is 2.79. The normalized spacial score (nSPS) is 10.0. The number of benzene rings is 1. The summed E-state index contributed by atoms with van der Waals surface area (Å²) in [6, 6.07) is 2.82. The third kappa shape index (κ3) is 2.72. The first-order chi connectivity index (χ1) is 7.63. The van der Waals surface area contributed by atoms with E-state index in [0.717, 1.165) is 0 Å². The molecule has 0 radical (unpaired) electrons. The summed E-state index contributed by atoms with van der Waals surface area (Å²) in [6.45, 7) is 0. The number of rotatable bonds is 4. The molecule has 0 aliphatic heterocycles. The van der Waals surface area contributed by atoms with Gasteiger partial charge in [-0.05, 0) is 12.1 Å². The van der Waals surface area contributed by atoms with Gasteiger partial charge >= 0.3 is 5.97 Å². The maximum atomic E-state index is 13.6. The molecule has 5 heteroatoms. The first kappa shape index (κ1) is 13.0. The fourth-order valence-corrected chi connectivity index (χ4v) is 2.00. The summed E-state index contributed by atoms with van der Waals surface area (Å²) < 4.78 is 23.2. The Balaban J connectivity index is 3.17. The molecule has 0 saturated carbocycles. The lowest BCUT2D eigenvalue weighted by molar-refractivity contribution is -0.139. The zero-order chi connectivity index (χ0) is 12.1. The maximum absolute atomic E-state index is 13.6. The molecule has 0 atom stereocenters. The van der Waals surface area contributed by atoms with Crippen LogP contribution in [0.3, 0.4) is 0 Å². The summed E-state index contributed by atoms with van der Waals surface area (Å²) in [5.41, 5.74) is 0.941. The van der Waals surface area contributed by atoms with Crippen LogP contribution in [0, 0.1) is 5.82 Å². The van der Waals surface area contributed by atoms with Crippen LogP contribution >= 0.6 is 15.9 Å². The molecule has 1 aromatic rings. The second-order valence-electron chi connectivity index (χ2n) is 3.09. The molecule has 3 nitrogen and oxygen atoms in total. The summed E-state index contributed by atoms with van der Waals surface area (Å²) in [6.07, 6.45) is -0.0968. The fraction of sp³-hybridized carbons (Fsp3) is 0.364. The second kappa shape index (κ2) is 5.84. The zero-order valence-electron chi connectivity index (χ0n) is 9.05. The standard InChI is InChI=1S/C11H12BrFO3/c1-15-10-4-3-9(13)7(8(10)6-12)5-11(14)16-2/h3-4H,5-6H2,1-2H3. The van der Waals surface area contributed by atoms with Crippen LogP contribution in [-0.2, 0) is 21.3 Å². The molecule has 0 saturated heterocycles. The Morgan fingerprint density at radius 3 is 2.56 bits per heavy atom. The van der Waals surface area contributed by atoms with Crippen molar-refractivity contribution >= 4 is 21.9 Å². The fourth-order valence-electron chi connectivity index (χ4n) is 1.39. The SMILES string of the molecule is COC(=O)Cc1c(F)ccc(OC)c1CBr. The molecule has 0 aliphatic carbocycles. The molecule has 88 valence electrons. The van der Waals surface area contributed by atoms with Gasteiger partial charge in [-0.25, -0.2) is 4.39 Å². The van der Waals surface area contributed by atoms with E-state index < -0.39 is 11.8 Å². The van der Waals surface area contributed by atoms with Crippen LogP contribution in [0.1, 0.15) is 11.1 Å². The van der Waals surface area contributed by atoms with Gasteiger partial charge in [0.05, 0.1) is 20.6 Å². The predicted octanol–water partition coefficient (Wildman–Crippen LogP) is 2.44. The van der Waals surface area contributed by atoms with E-state index in [1.165, 1.54) is 26.4 Å². The Morgan fingerprint density at radius 1 is 1.38 bits per heavy atom. The van der Waals surface area contributed by atoms with Crippen molar-refractivity contribution in [3.8, 4) is 5.75 Å². The molecule has 0 bridgehead atoms. The molecule has 1 aromatic carbocycles. The quantitative estimate of drug-likeness (QED) is 0.631. The van der Waals surface area contributed by atoms with Crippen LogP contribution in [0.4, 0.5) is 4.39 Å². The minimum Gasteiger partial charge on any atom is -0.496 e. The highest BCUT2D eigenvalue weighted by atomic mass is 79.9. The van der Waals surface area contributed by atoms with Gasteiger partial charge < -0.3 is 9.47 Å². The van der Waals surface area contributed by atoms with Gasteiger partial charge in [0.2, 0.25) is 0 Å². The molecule has 0 heterocycles. The molecular weight excluding hydrogens is 279 g/mol. The van der Waals surface area contributed by atoms with E-state index in [2.05, 4.69) is 20.7 Å². The van der Waals surface area contributed by atoms with Crippen molar-refractivity contribution in [3.05, 3.63) is 29.1 Å². The number of carbonyl (C=O) groups is 1. The van der Waals surface area contributed by atoms with E-state index in [4.69, 9.17) is 4.74 Å². The van der Waals surface area contributed by atoms with Gasteiger partial charge in [-0.15, -0.1) is 0 Å². The molecule has 0 aromatic heterocycles. The lowest BCUT2D eigenvalue weighted by Crippen LogP contribution is -2.09. The lowest BCUT2D eigenvalue weighted by Gasteiger charge is -2.12. The van der Waals surface area contributed by atoms with E-state index in [0.29, 0.717) is 22.2 Å². The lowest BCUT2D eigenvalue weighted by atomic mass is 10.0. The number of alkyl halides is 1. The van der Waals surface area contributed by atoms with Crippen LogP contribution in [0.2, 0.25) is 0 Å². The van der Waals surface area contributed by atoms with Gasteiger partial charge in [0.1, 0.15) is 11.6 Å². The van der Waals surface area contributed by atoms with Gasteiger partial charge in [-0.2, -0.15) is 0 Å². The Hall–Kier alpha value is -1.10. The average Bonchev–Trinajstić information content (AvgIpc) is 2.31. The number of methoxy groups -OCH3 is 2. The topological polar surface area (TPSA) is 35.5 Å². The van der Waals surface area contributed by atoms with Crippen molar-refractivity contribution in [3.63, 3.8) is 0 Å². The highest BCUT2D eigenvalue weighted by Crippen LogP contribution is 2.27. The Kier molecular flexibility index (Phi) is 4.73. The highest BCUT2D eigenvalue weighted by Gasteiger charge is 2.16. The zero-order valence-corrected chi connectivity index (χ0v) is 10.6. The Morgan fingerprint density at radius 2 is 2.06 bits per heavy atom. The summed E-state index contributed by atoms with van der Waals surface area (Å²) in [7, 11) is 2.77. The molecular formula is C11H12BrFO3. The smallest absolute Gasteiger partial charge is 0.310 e. The van der Waals surface area contributed by atoms with Crippen molar-refractivity contribution in [2.75, 3.05) is 14.2 Å². The van der Waals surface area contributed by atoms with Crippen LogP contribution in [0.15, 0.2) is 12.1 Å². The van der Waals surface area contributed by atoms with Gasteiger partial charge in [-0.3, -0.25) is 4.79 Å². The monoisotopic (exact) mass is 290 g/mol. The molecule has 0 fully saturated rings. The van der Waals surface area contributed by atoms with Crippen LogP contribution in [0.25, 0.3) is 0 Å². The molecule has 0 aliphatic rings. The van der Waals surface area contributed by atoms with Gasteiger partial charge in [0.25, 0.3) is 0 Å². The summed E-state index contributed by atoms with van der Waals surface area (Å²) in [4.78, 5) is 11.2. The maximum Gasteiger partial charge on any atom is 0.310 e. The largest absolute Gasteiger partial charge is 0.496 e. The average molecular weight is 291 g/mol. The first-order valence-electron chi connectivity index (χ1n) is 4.61. The van der Waals surface area contributed by atoms with E-state index in [-0.39, 0.29) is 6.42 Å². The number of halogens is 2. The summed E-state index contributed by atoms with van der Waals surface area (Å²) in [5.74, 6) is -0.354. The van der Waals surface area contributed by atoms with E-state index >= 15 is 0 Å². The molecule has 0 amide bonds. The first-order valence-corrected chi connectivity index (χ1v) is 5.73. The van der Waals surface area contributed by atoms with E-state index in [1.807, 2.05) is 0 Å². The molecule has 1 rings (SSSR count). The number of hydrogen-bond donors (Lipinski definition) is 0. The summed E-state index contributed by atoms with van der Waals surface area (Å²) in [5, 5.41) is 0.417. The second-order valence-corrected chi connectivity index (χ2v) is 3.65. The van der Waals surface area contributed by atoms with E-state index in [9.17, 15) is 9.18 Å². The molecule has 0 unspecified atom stereocenters. The number of hydrogen-bond acceptors (Lipinski definition) is 3. The number of esters is 1. The van der Waals surface area contributed by atoms with Crippen molar-refractivity contribution in [1.29, 1.82) is 0 Å². The minimum absolute atomic E-state index is 0.0968. The van der Waals surface area contributed by atoms with Gasteiger partial charge in [0.15, 0.2) is 0 Å². The predicted molar refractivity (Wildman–Crippen MR) is 61.3 cm³/mol. The van der Waals surface area contributed by atoms with Crippen molar-refractivity contribution < 1.29 is 18.7 Å². The van der Waals surface area contributed by atoms with Crippen LogP contribution < -0.4 is 4.74 Å². The minimum atomic E-state index is -0.477. The van der Waals surface area contributed by atoms with Crippen LogP contribution in [-0.4, -0.2) is 20.2 Å². The Labute approximate surface area is 102 Å². The van der Waals surface area contributed by atoms with Gasteiger partial charge in [-0.1, -0.05) is 15.9 Å². The van der Waals surface area contributed by atoms with Crippen LogP contribution in [0.5, 0.6) is 5.75 Å². The van der Waals surface area contributed by atoms with Crippen molar-refractivity contribution in [2.24, 2.45) is 0 Å². The van der Waals surface area contributed by atoms with Crippen molar-refractivity contribution in [2.45, 2.75) is 11.8 Å². The highest BCUT2D eigenvalue weighted by molar-refractivity contribution is 9.08. The van der Waals surface area contributed by atoms with Gasteiger partial charge in [0, 0.05) is 16.5 Å². The molecule has 16 heavy (non-hydrogen) atoms. The summed E-state index contributed by atoms with van der Waals surface area (Å²) >= 11 is 3.25. The number of carbonyl (C=O) groups excluding carboxylic acids is 1. The number of ether oxygens (including phenoxy) is 2.